The minimum Gasteiger partial charge on any atom is -0.364 e. The van der Waals surface area contributed by atoms with Gasteiger partial charge in [-0.25, -0.2) is 0 Å². The van der Waals surface area contributed by atoms with Gasteiger partial charge in [0.1, 0.15) is 0 Å². The SMILES string of the molecule is C[C@H](NCC1CCNCC1)c1ccc[nH]1. The van der Waals surface area contributed by atoms with Crippen LogP contribution in [-0.2, 0) is 0 Å². The van der Waals surface area contributed by atoms with Crippen LogP contribution in [0.2, 0.25) is 0 Å². The zero-order chi connectivity index (χ0) is 10.5. The van der Waals surface area contributed by atoms with Crippen molar-refractivity contribution in [2.75, 3.05) is 19.6 Å². The molecule has 1 aromatic rings. The molecule has 3 heteroatoms. The lowest BCUT2D eigenvalue weighted by atomic mass is 9.98. The Balaban J connectivity index is 1.73. The lowest BCUT2D eigenvalue weighted by molar-refractivity contribution is 0.344. The molecule has 0 spiro atoms. The van der Waals surface area contributed by atoms with E-state index in [1.165, 1.54) is 31.6 Å². The van der Waals surface area contributed by atoms with Crippen LogP contribution in [0.5, 0.6) is 0 Å². The van der Waals surface area contributed by atoms with Gasteiger partial charge >= 0.3 is 0 Å². The van der Waals surface area contributed by atoms with Gasteiger partial charge in [0.25, 0.3) is 0 Å². The molecule has 1 fully saturated rings. The normalized spacial score (nSPS) is 20.3. The van der Waals surface area contributed by atoms with E-state index < -0.39 is 0 Å². The Labute approximate surface area is 91.7 Å². The van der Waals surface area contributed by atoms with Gasteiger partial charge in [-0.05, 0) is 57.5 Å². The maximum Gasteiger partial charge on any atom is 0.0444 e. The molecule has 2 heterocycles. The highest BCUT2D eigenvalue weighted by molar-refractivity contribution is 5.07. The topological polar surface area (TPSA) is 39.8 Å². The summed E-state index contributed by atoms with van der Waals surface area (Å²) in [6, 6.07) is 4.63. The maximum absolute atomic E-state index is 3.60. The minimum atomic E-state index is 0.440. The van der Waals surface area contributed by atoms with Crippen molar-refractivity contribution in [2.24, 2.45) is 5.92 Å². The first-order valence-electron chi connectivity index (χ1n) is 5.93. The molecule has 0 bridgehead atoms. The van der Waals surface area contributed by atoms with Gasteiger partial charge in [0, 0.05) is 17.9 Å². The Kier molecular flexibility index (Phi) is 3.80. The van der Waals surface area contributed by atoms with Crippen LogP contribution in [0.15, 0.2) is 18.3 Å². The maximum atomic E-state index is 3.60. The molecule has 2 rings (SSSR count). The number of aromatic nitrogens is 1. The van der Waals surface area contributed by atoms with Crippen molar-refractivity contribution in [1.82, 2.24) is 15.6 Å². The predicted octanol–water partition coefficient (Wildman–Crippen LogP) is 1.66. The molecule has 0 unspecified atom stereocenters. The van der Waals surface area contributed by atoms with Gasteiger partial charge in [0.2, 0.25) is 0 Å². The quantitative estimate of drug-likeness (QED) is 0.703. The van der Waals surface area contributed by atoms with Gasteiger partial charge in [0.15, 0.2) is 0 Å². The fourth-order valence-electron chi connectivity index (χ4n) is 2.15. The Hall–Kier alpha value is -0.800. The molecule has 1 aromatic heterocycles. The van der Waals surface area contributed by atoms with Gasteiger partial charge < -0.3 is 15.6 Å². The minimum absolute atomic E-state index is 0.440. The number of hydrogen-bond donors (Lipinski definition) is 3. The highest BCUT2D eigenvalue weighted by atomic mass is 14.9. The summed E-state index contributed by atoms with van der Waals surface area (Å²) in [4.78, 5) is 3.25. The van der Waals surface area contributed by atoms with E-state index in [2.05, 4.69) is 34.7 Å². The average Bonchev–Trinajstić information content (AvgIpc) is 2.81. The summed E-state index contributed by atoms with van der Waals surface area (Å²) in [5, 5.41) is 6.99. The van der Waals surface area contributed by atoms with Crippen LogP contribution in [-0.4, -0.2) is 24.6 Å². The summed E-state index contributed by atoms with van der Waals surface area (Å²) in [5.74, 6) is 0.851. The largest absolute Gasteiger partial charge is 0.364 e. The Morgan fingerprint density at radius 3 is 2.93 bits per heavy atom. The molecular weight excluding hydrogens is 186 g/mol. The lowest BCUT2D eigenvalue weighted by Gasteiger charge is -2.24. The van der Waals surface area contributed by atoms with Crippen LogP contribution in [0, 0.1) is 5.92 Å². The molecule has 3 N–H and O–H groups in total. The zero-order valence-electron chi connectivity index (χ0n) is 9.42. The van der Waals surface area contributed by atoms with Crippen molar-refractivity contribution >= 4 is 0 Å². The van der Waals surface area contributed by atoms with Gasteiger partial charge in [-0.2, -0.15) is 0 Å². The van der Waals surface area contributed by atoms with Gasteiger partial charge in [-0.1, -0.05) is 0 Å². The van der Waals surface area contributed by atoms with Crippen molar-refractivity contribution in [2.45, 2.75) is 25.8 Å². The molecule has 1 saturated heterocycles. The second-order valence-electron chi connectivity index (χ2n) is 4.45. The third-order valence-electron chi connectivity index (χ3n) is 3.26. The summed E-state index contributed by atoms with van der Waals surface area (Å²) in [6.07, 6.45) is 4.60. The number of nitrogens with one attached hydrogen (secondary N) is 3. The third-order valence-corrected chi connectivity index (χ3v) is 3.26. The zero-order valence-corrected chi connectivity index (χ0v) is 9.42. The molecule has 0 aliphatic carbocycles. The van der Waals surface area contributed by atoms with E-state index in [4.69, 9.17) is 0 Å². The van der Waals surface area contributed by atoms with Crippen LogP contribution in [0.1, 0.15) is 31.5 Å². The molecule has 1 aliphatic rings. The smallest absolute Gasteiger partial charge is 0.0444 e. The van der Waals surface area contributed by atoms with Crippen LogP contribution in [0.4, 0.5) is 0 Å². The molecular formula is C12H21N3. The Morgan fingerprint density at radius 2 is 2.27 bits per heavy atom. The number of piperidine rings is 1. The summed E-state index contributed by atoms with van der Waals surface area (Å²) in [7, 11) is 0. The van der Waals surface area contributed by atoms with Crippen molar-refractivity contribution in [1.29, 1.82) is 0 Å². The van der Waals surface area contributed by atoms with Gasteiger partial charge in [-0.15, -0.1) is 0 Å². The number of H-pyrrole nitrogens is 1. The van der Waals surface area contributed by atoms with Crippen LogP contribution in [0.3, 0.4) is 0 Å². The molecule has 84 valence electrons. The number of hydrogen-bond acceptors (Lipinski definition) is 2. The van der Waals surface area contributed by atoms with E-state index in [0.29, 0.717) is 6.04 Å². The average molecular weight is 207 g/mol. The highest BCUT2D eigenvalue weighted by Gasteiger charge is 2.14. The van der Waals surface area contributed by atoms with Crippen LogP contribution >= 0.6 is 0 Å². The Bertz CT molecular complexity index is 262. The fraction of sp³-hybridized carbons (Fsp3) is 0.667. The molecule has 0 saturated carbocycles. The van der Waals surface area contributed by atoms with Crippen molar-refractivity contribution in [3.05, 3.63) is 24.0 Å². The van der Waals surface area contributed by atoms with Crippen LogP contribution in [0.25, 0.3) is 0 Å². The number of rotatable bonds is 4. The van der Waals surface area contributed by atoms with Crippen LogP contribution < -0.4 is 10.6 Å². The molecule has 15 heavy (non-hydrogen) atoms. The molecule has 1 atom stereocenters. The monoisotopic (exact) mass is 207 g/mol. The van der Waals surface area contributed by atoms with E-state index in [1.807, 2.05) is 6.20 Å². The predicted molar refractivity (Wildman–Crippen MR) is 62.8 cm³/mol. The molecule has 0 aromatic carbocycles. The van der Waals surface area contributed by atoms with Gasteiger partial charge in [-0.3, -0.25) is 0 Å². The van der Waals surface area contributed by atoms with E-state index >= 15 is 0 Å². The molecule has 1 aliphatic heterocycles. The summed E-state index contributed by atoms with van der Waals surface area (Å²) in [5.41, 5.74) is 1.28. The summed E-state index contributed by atoms with van der Waals surface area (Å²) >= 11 is 0. The Morgan fingerprint density at radius 1 is 1.47 bits per heavy atom. The second-order valence-corrected chi connectivity index (χ2v) is 4.45. The first-order chi connectivity index (χ1) is 7.36. The van der Waals surface area contributed by atoms with E-state index in [9.17, 15) is 0 Å². The van der Waals surface area contributed by atoms with E-state index in [0.717, 1.165) is 12.5 Å². The standard InChI is InChI=1S/C12H21N3/c1-10(12-3-2-6-14-12)15-9-11-4-7-13-8-5-11/h2-3,6,10-11,13-15H,4-5,7-9H2,1H3/t10-/m0/s1. The van der Waals surface area contributed by atoms with E-state index in [1.54, 1.807) is 0 Å². The lowest BCUT2D eigenvalue weighted by Crippen LogP contribution is -2.34. The van der Waals surface area contributed by atoms with Gasteiger partial charge in [0.05, 0.1) is 0 Å². The van der Waals surface area contributed by atoms with Crippen molar-refractivity contribution < 1.29 is 0 Å². The molecule has 0 radical (unpaired) electrons. The summed E-state index contributed by atoms with van der Waals surface area (Å²) < 4.78 is 0. The van der Waals surface area contributed by atoms with E-state index in [-0.39, 0.29) is 0 Å². The third kappa shape index (κ3) is 3.08. The fourth-order valence-corrected chi connectivity index (χ4v) is 2.15. The number of aromatic amines is 1. The van der Waals surface area contributed by atoms with Crippen molar-refractivity contribution in [3.63, 3.8) is 0 Å². The first-order valence-corrected chi connectivity index (χ1v) is 5.93. The molecule has 3 nitrogen and oxygen atoms in total. The molecule has 0 amide bonds. The highest BCUT2D eigenvalue weighted by Crippen LogP contribution is 2.13. The summed E-state index contributed by atoms with van der Waals surface area (Å²) in [6.45, 7) is 5.72. The first kappa shape index (κ1) is 10.7. The van der Waals surface area contributed by atoms with Crippen molar-refractivity contribution in [3.8, 4) is 0 Å². The second kappa shape index (κ2) is 5.33.